The number of hydrogen-bond acceptors (Lipinski definition) is 4. The molecule has 2 atom stereocenters. The maximum Gasteiger partial charge on any atom is 0.435 e. The maximum atomic E-state index is 14.5. The molecule has 2 amide bonds. The Morgan fingerprint density at radius 2 is 1.78 bits per heavy atom. The second kappa shape index (κ2) is 10.3. The molecule has 2 N–H and O–H groups in total. The van der Waals surface area contributed by atoms with Crippen molar-refractivity contribution in [1.29, 1.82) is 0 Å². The first kappa shape index (κ1) is 27.5. The van der Waals surface area contributed by atoms with Crippen LogP contribution in [0.25, 0.3) is 0 Å². The molecule has 1 heterocycles. The van der Waals surface area contributed by atoms with Crippen molar-refractivity contribution in [3.63, 3.8) is 0 Å². The number of nitrogens with zero attached hydrogens (tertiary/aromatic N) is 1. The number of carbonyl (C=O) groups is 2. The largest absolute Gasteiger partial charge is 0.435 e. The highest BCUT2D eigenvalue weighted by atomic mass is 35.5. The monoisotopic (exact) mass is 579 g/mol. The lowest BCUT2D eigenvalue weighted by atomic mass is 9.86. The quantitative estimate of drug-likeness (QED) is 0.243. The zero-order chi connectivity index (χ0) is 27.1. The molecule has 0 saturated heterocycles. The van der Waals surface area contributed by atoms with E-state index in [2.05, 4.69) is 15.8 Å². The second-order valence-electron chi connectivity index (χ2n) is 8.91. The van der Waals surface area contributed by atoms with Crippen LogP contribution in [0.15, 0.2) is 35.5 Å². The molecule has 0 spiro atoms. The third kappa shape index (κ3) is 5.66. The number of amides is 2. The van der Waals surface area contributed by atoms with Crippen LogP contribution in [0, 0.1) is 11.7 Å². The third-order valence-corrected chi connectivity index (χ3v) is 7.38. The number of halogens is 7. The molecular formula is C24H20Cl3F4N3O3. The SMILES string of the molecule is CC(C(=O)NCc1cc(C2=NOC(c3cc(Cl)c(Cl)c(Cl)c3)(C(F)(F)F)C2)ccc1F)C(=O)NC1CC1. The van der Waals surface area contributed by atoms with Crippen LogP contribution in [-0.4, -0.2) is 29.7 Å². The highest BCUT2D eigenvalue weighted by molar-refractivity contribution is 6.48. The van der Waals surface area contributed by atoms with Gasteiger partial charge in [0.05, 0.1) is 20.8 Å². The summed E-state index contributed by atoms with van der Waals surface area (Å²) < 4.78 is 57.3. The highest BCUT2D eigenvalue weighted by Crippen LogP contribution is 2.50. The Balaban J connectivity index is 1.52. The van der Waals surface area contributed by atoms with Gasteiger partial charge in [-0.1, -0.05) is 46.0 Å². The third-order valence-electron chi connectivity index (χ3n) is 6.18. The molecule has 2 aromatic carbocycles. The number of benzene rings is 2. The number of nitrogens with one attached hydrogen (secondary N) is 2. The van der Waals surface area contributed by atoms with E-state index in [-0.39, 0.29) is 44.5 Å². The molecule has 1 aliphatic carbocycles. The van der Waals surface area contributed by atoms with Crippen molar-refractivity contribution in [3.8, 4) is 0 Å². The summed E-state index contributed by atoms with van der Waals surface area (Å²) in [5.41, 5.74) is -3.25. The summed E-state index contributed by atoms with van der Waals surface area (Å²) in [5, 5.41) is 8.36. The van der Waals surface area contributed by atoms with Gasteiger partial charge in [-0.05, 0) is 44.0 Å². The zero-order valence-electron chi connectivity index (χ0n) is 19.2. The molecule has 2 unspecified atom stereocenters. The van der Waals surface area contributed by atoms with Crippen molar-refractivity contribution in [2.45, 2.75) is 50.6 Å². The second-order valence-corrected chi connectivity index (χ2v) is 10.1. The van der Waals surface area contributed by atoms with Crippen LogP contribution < -0.4 is 10.6 Å². The predicted molar refractivity (Wildman–Crippen MR) is 130 cm³/mol. The van der Waals surface area contributed by atoms with Crippen LogP contribution >= 0.6 is 34.8 Å². The molecular weight excluding hydrogens is 561 g/mol. The minimum atomic E-state index is -4.92. The number of hydrogen-bond donors (Lipinski definition) is 2. The molecule has 13 heteroatoms. The lowest BCUT2D eigenvalue weighted by Crippen LogP contribution is -2.42. The molecule has 0 aromatic heterocycles. The minimum Gasteiger partial charge on any atom is -0.374 e. The van der Waals surface area contributed by atoms with Gasteiger partial charge in [-0.15, -0.1) is 0 Å². The summed E-state index contributed by atoms with van der Waals surface area (Å²) >= 11 is 17.8. The molecule has 2 aliphatic rings. The van der Waals surface area contributed by atoms with Crippen molar-refractivity contribution in [3.05, 3.63) is 67.9 Å². The molecule has 2 aromatic rings. The van der Waals surface area contributed by atoms with Crippen LogP contribution in [0.4, 0.5) is 17.6 Å². The fourth-order valence-corrected chi connectivity index (χ4v) is 4.34. The van der Waals surface area contributed by atoms with Crippen LogP contribution in [0.1, 0.15) is 42.9 Å². The molecule has 1 fully saturated rings. The van der Waals surface area contributed by atoms with Crippen molar-refractivity contribution in [1.82, 2.24) is 10.6 Å². The molecule has 4 rings (SSSR count). The van der Waals surface area contributed by atoms with Crippen molar-refractivity contribution in [2.75, 3.05) is 0 Å². The fourth-order valence-electron chi connectivity index (χ4n) is 3.75. The van der Waals surface area contributed by atoms with Gasteiger partial charge in [-0.25, -0.2) is 4.39 Å². The van der Waals surface area contributed by atoms with E-state index in [1.165, 1.54) is 19.1 Å². The van der Waals surface area contributed by atoms with Crippen LogP contribution in [-0.2, 0) is 26.6 Å². The smallest absolute Gasteiger partial charge is 0.374 e. The molecule has 37 heavy (non-hydrogen) atoms. The first-order valence-electron chi connectivity index (χ1n) is 11.2. The van der Waals surface area contributed by atoms with E-state index in [9.17, 15) is 27.2 Å². The Morgan fingerprint density at radius 3 is 2.38 bits per heavy atom. The Bertz CT molecular complexity index is 1260. The Morgan fingerprint density at radius 1 is 1.14 bits per heavy atom. The van der Waals surface area contributed by atoms with Gasteiger partial charge in [0.1, 0.15) is 11.7 Å². The molecule has 1 saturated carbocycles. The number of alkyl halides is 3. The lowest BCUT2D eigenvalue weighted by Gasteiger charge is -2.30. The average molecular weight is 581 g/mol. The van der Waals surface area contributed by atoms with Crippen LogP contribution in [0.2, 0.25) is 15.1 Å². The van der Waals surface area contributed by atoms with E-state index < -0.39 is 47.3 Å². The molecule has 198 valence electrons. The number of rotatable bonds is 7. The van der Waals surface area contributed by atoms with Gasteiger partial charge in [0.2, 0.25) is 11.8 Å². The maximum absolute atomic E-state index is 14.5. The fraction of sp³-hybridized carbons (Fsp3) is 0.375. The van der Waals surface area contributed by atoms with Crippen molar-refractivity contribution in [2.24, 2.45) is 11.1 Å². The Hall–Kier alpha value is -2.56. The van der Waals surface area contributed by atoms with Crippen LogP contribution in [0.5, 0.6) is 0 Å². The molecule has 6 nitrogen and oxygen atoms in total. The minimum absolute atomic E-state index is 0.00885. The van der Waals surface area contributed by atoms with Gasteiger partial charge >= 0.3 is 6.18 Å². The normalized spacial score (nSPS) is 20.2. The van der Waals surface area contributed by atoms with Crippen molar-refractivity contribution >= 4 is 52.3 Å². The van der Waals surface area contributed by atoms with E-state index >= 15 is 0 Å². The van der Waals surface area contributed by atoms with E-state index in [4.69, 9.17) is 39.6 Å². The number of oxime groups is 1. The first-order chi connectivity index (χ1) is 17.3. The highest BCUT2D eigenvalue weighted by Gasteiger charge is 2.62. The van der Waals surface area contributed by atoms with E-state index in [1.807, 2.05) is 0 Å². The van der Waals surface area contributed by atoms with Gasteiger partial charge in [-0.3, -0.25) is 9.59 Å². The summed E-state index contributed by atoms with van der Waals surface area (Å²) in [6.07, 6.45) is -3.95. The van der Waals surface area contributed by atoms with Gasteiger partial charge in [0.15, 0.2) is 0 Å². The van der Waals surface area contributed by atoms with Crippen molar-refractivity contribution < 1.29 is 32.0 Å². The van der Waals surface area contributed by atoms with Gasteiger partial charge in [0, 0.05) is 35.7 Å². The summed E-state index contributed by atoms with van der Waals surface area (Å²) in [7, 11) is 0. The number of carbonyl (C=O) groups excluding carboxylic acids is 2. The van der Waals surface area contributed by atoms with Gasteiger partial charge in [0.25, 0.3) is 5.60 Å². The first-order valence-corrected chi connectivity index (χ1v) is 12.3. The molecule has 0 bridgehead atoms. The Kier molecular flexibility index (Phi) is 7.65. The van der Waals surface area contributed by atoms with E-state index in [1.54, 1.807) is 0 Å². The molecule has 1 aliphatic heterocycles. The van der Waals surface area contributed by atoms with Crippen LogP contribution in [0.3, 0.4) is 0 Å². The zero-order valence-corrected chi connectivity index (χ0v) is 21.5. The average Bonchev–Trinajstić information content (AvgIpc) is 3.52. The van der Waals surface area contributed by atoms with E-state index in [0.717, 1.165) is 31.0 Å². The summed E-state index contributed by atoms with van der Waals surface area (Å²) in [4.78, 5) is 29.4. The van der Waals surface area contributed by atoms with Gasteiger partial charge < -0.3 is 15.5 Å². The summed E-state index contributed by atoms with van der Waals surface area (Å²) in [6, 6.07) is 5.66. The standard InChI is InChI=1S/C24H20Cl3F4N3O3/c1-11(22(36)33-15-3-4-15)21(35)32-10-13-6-12(2-5-18(13)28)19-9-23(37-34-19,24(29,30)31)14-7-16(25)20(27)17(26)8-14/h2,5-8,11,15H,3-4,9-10H2,1H3,(H,32,35)(H,33,36). The summed E-state index contributed by atoms with van der Waals surface area (Å²) in [5.74, 6) is -2.74. The van der Waals surface area contributed by atoms with E-state index in [0.29, 0.717) is 0 Å². The van der Waals surface area contributed by atoms with Gasteiger partial charge in [-0.2, -0.15) is 13.2 Å². The summed E-state index contributed by atoms with van der Waals surface area (Å²) in [6.45, 7) is 1.14. The topological polar surface area (TPSA) is 79.8 Å². The lowest BCUT2D eigenvalue weighted by molar-refractivity contribution is -0.275. The molecule has 0 radical (unpaired) electrons. The predicted octanol–water partition coefficient (Wildman–Crippen LogP) is 5.90. The Labute approximate surface area is 224 Å².